The van der Waals surface area contributed by atoms with E-state index in [1.165, 1.54) is 64.2 Å². The lowest BCUT2D eigenvalue weighted by Gasteiger charge is -2.45. The molecule has 67 heavy (non-hydrogen) atoms. The third-order valence-corrected chi connectivity index (χ3v) is 16.2. The van der Waals surface area contributed by atoms with Crippen molar-refractivity contribution in [1.82, 2.24) is 40.2 Å². The molecule has 5 aliphatic heterocycles. The molecule has 2 N–H and O–H groups in total. The van der Waals surface area contributed by atoms with Crippen molar-refractivity contribution in [3.63, 3.8) is 0 Å². The van der Waals surface area contributed by atoms with Crippen LogP contribution >= 0.6 is 11.3 Å². The number of cyclic esters (lactones) is 1. The number of pyridine rings is 2. The van der Waals surface area contributed by atoms with Crippen LogP contribution in [0, 0.1) is 11.3 Å². The van der Waals surface area contributed by atoms with Gasteiger partial charge in [-0.05, 0) is 112 Å². The molecule has 352 valence electrons. The van der Waals surface area contributed by atoms with Crippen LogP contribution in [0.2, 0.25) is 0 Å². The number of hydrogen-bond donors (Lipinski definition) is 2. The second-order valence-corrected chi connectivity index (χ2v) is 21.6. The molecule has 14 nitrogen and oxygen atoms in total. The third-order valence-electron chi connectivity index (χ3n) is 15.3. The van der Waals surface area contributed by atoms with Gasteiger partial charge < -0.3 is 24.3 Å². The fraction of sp³-hybridized carbons (Fsp3) is 0.538. The lowest BCUT2D eigenvalue weighted by molar-refractivity contribution is -0.155. The minimum Gasteiger partial charge on any atom is -0.464 e. The average Bonchev–Trinajstić information content (AvgIpc) is 3.94. The number of thiazole rings is 1. The Morgan fingerprint density at radius 2 is 1.94 bits per heavy atom. The van der Waals surface area contributed by atoms with Gasteiger partial charge in [0.2, 0.25) is 5.91 Å². The average molecular weight is 926 g/mol. The Hall–Kier alpha value is -5.22. The maximum atomic E-state index is 14.5. The van der Waals surface area contributed by atoms with E-state index in [1.54, 1.807) is 13.3 Å². The normalized spacial score (nSPS) is 25.8. The number of benzene rings is 1. The van der Waals surface area contributed by atoms with Gasteiger partial charge in [-0.25, -0.2) is 10.4 Å². The monoisotopic (exact) mass is 925 g/mol. The van der Waals surface area contributed by atoms with E-state index in [9.17, 15) is 14.4 Å². The molecule has 4 aromatic heterocycles. The van der Waals surface area contributed by atoms with E-state index in [-0.39, 0.29) is 48.8 Å². The van der Waals surface area contributed by atoms with E-state index < -0.39 is 17.5 Å². The van der Waals surface area contributed by atoms with E-state index in [0.29, 0.717) is 38.3 Å². The molecule has 6 bridgehead atoms. The molecular formula is C52H63N9O5S. The standard InChI is InChI=1S/C52H63N9O5S/c1-31(65-4)46-40(22-36(27-54-46)59-19-18-58-15-6-5-12-35(58)28-59)48-41-25-52(2,3)30-66-51(64)42-13-9-17-61(57-42)50(63)43(56-49(62)39-23-37(39)33-10-7-14-53-26-33)24-45-55-44(29-67-45)34-20-32-11-8-16-60(48)47(32)38(41)21-34/h7,10,14,20-22,26-27,29,31,35,37,39,42-43,57H,5-6,8-9,11-13,15-19,23-25,28,30H2,1-4H3,(H,56,62)/t31-,35+,37+,39-,42-,43-/m0/s1. The van der Waals surface area contributed by atoms with Crippen molar-refractivity contribution >= 4 is 45.7 Å². The fourth-order valence-electron chi connectivity index (χ4n) is 11.6. The minimum absolute atomic E-state index is 0.0646. The molecule has 1 aromatic carbocycles. The summed E-state index contributed by atoms with van der Waals surface area (Å²) in [4.78, 5) is 62.4. The summed E-state index contributed by atoms with van der Waals surface area (Å²) in [5.74, 6) is -1.01. The molecule has 0 radical (unpaired) electrons. The van der Waals surface area contributed by atoms with Gasteiger partial charge in [-0.2, -0.15) is 0 Å². The number of anilines is 1. The molecule has 6 atom stereocenters. The van der Waals surface area contributed by atoms with Crippen LogP contribution in [0.5, 0.6) is 0 Å². The smallest absolute Gasteiger partial charge is 0.324 e. The lowest BCUT2D eigenvalue weighted by atomic mass is 9.84. The van der Waals surface area contributed by atoms with Crippen LogP contribution in [0.25, 0.3) is 33.4 Å². The highest BCUT2D eigenvalue weighted by atomic mass is 32.1. The van der Waals surface area contributed by atoms with Gasteiger partial charge in [0.15, 0.2) is 0 Å². The summed E-state index contributed by atoms with van der Waals surface area (Å²) in [5, 5.41) is 8.67. The molecule has 2 amide bonds. The number of esters is 1. The molecule has 0 spiro atoms. The van der Waals surface area contributed by atoms with Crippen LogP contribution < -0.4 is 15.6 Å². The number of fused-ring (bicyclic) bond motifs is 7. The Morgan fingerprint density at radius 1 is 1.04 bits per heavy atom. The van der Waals surface area contributed by atoms with Crippen molar-refractivity contribution in [2.75, 3.05) is 51.3 Å². The highest BCUT2D eigenvalue weighted by Crippen LogP contribution is 2.48. The molecule has 15 heteroatoms. The van der Waals surface area contributed by atoms with Crippen molar-refractivity contribution in [2.24, 2.45) is 11.3 Å². The molecule has 6 aliphatic rings. The molecule has 5 aromatic rings. The number of rotatable bonds is 7. The van der Waals surface area contributed by atoms with Gasteiger partial charge in [-0.3, -0.25) is 34.3 Å². The van der Waals surface area contributed by atoms with Crippen LogP contribution in [0.4, 0.5) is 5.69 Å². The Kier molecular flexibility index (Phi) is 11.9. The van der Waals surface area contributed by atoms with Crippen LogP contribution in [-0.4, -0.2) is 112 Å². The largest absolute Gasteiger partial charge is 0.464 e. The Bertz CT molecular complexity index is 2700. The van der Waals surface area contributed by atoms with E-state index in [1.807, 2.05) is 18.3 Å². The number of ether oxygens (including phenoxy) is 2. The number of amides is 2. The maximum absolute atomic E-state index is 14.5. The molecule has 0 unspecified atom stereocenters. The van der Waals surface area contributed by atoms with Crippen LogP contribution in [0.1, 0.15) is 105 Å². The Balaban J connectivity index is 1.01. The first-order valence-corrected chi connectivity index (χ1v) is 25.5. The summed E-state index contributed by atoms with van der Waals surface area (Å²) in [6.45, 7) is 12.1. The predicted molar refractivity (Wildman–Crippen MR) is 258 cm³/mol. The number of hydrogen-bond acceptors (Lipinski definition) is 12. The zero-order valence-electron chi connectivity index (χ0n) is 39.3. The molecule has 4 fully saturated rings. The first-order valence-electron chi connectivity index (χ1n) is 24.6. The summed E-state index contributed by atoms with van der Waals surface area (Å²) in [5.41, 5.74) is 13.7. The van der Waals surface area contributed by atoms with Gasteiger partial charge >= 0.3 is 5.97 Å². The van der Waals surface area contributed by atoms with Crippen molar-refractivity contribution in [3.8, 4) is 22.5 Å². The SMILES string of the molecule is CO[C@@H](C)c1ncc(N2CCN3CCCC[C@@H]3C2)cc1-c1c2c3cc(cc4c3n1CCC4)-c1csc(n1)C[C@H](NC(=O)[C@H]1C[C@@H]1c1cccnc1)C(=O)N1CCC[C@H](N1)C(=O)OCC(C)(C)C2. The van der Waals surface area contributed by atoms with Crippen molar-refractivity contribution in [2.45, 2.75) is 122 Å². The van der Waals surface area contributed by atoms with E-state index >= 15 is 0 Å². The quantitative estimate of drug-likeness (QED) is 0.163. The van der Waals surface area contributed by atoms with Crippen molar-refractivity contribution in [3.05, 3.63) is 81.7 Å². The van der Waals surface area contributed by atoms with Crippen molar-refractivity contribution < 1.29 is 23.9 Å². The van der Waals surface area contributed by atoms with Crippen molar-refractivity contribution in [1.29, 1.82) is 0 Å². The van der Waals surface area contributed by atoms with Crippen LogP contribution in [-0.2, 0) is 49.7 Å². The summed E-state index contributed by atoms with van der Waals surface area (Å²) in [6.07, 6.45) is 13.8. The number of piperidine rings is 1. The fourth-order valence-corrected chi connectivity index (χ4v) is 12.5. The Morgan fingerprint density at radius 3 is 2.79 bits per heavy atom. The maximum Gasteiger partial charge on any atom is 0.324 e. The molecule has 1 aliphatic carbocycles. The molecule has 9 heterocycles. The Labute approximate surface area is 396 Å². The second-order valence-electron chi connectivity index (χ2n) is 20.6. The number of hydrazine groups is 1. The molecule has 1 saturated carbocycles. The number of aryl methyl sites for hydroxylation is 2. The summed E-state index contributed by atoms with van der Waals surface area (Å²) in [7, 11) is 1.76. The van der Waals surface area contributed by atoms with Gasteiger partial charge in [0.25, 0.3) is 5.91 Å². The number of carbonyl (C=O) groups is 3. The van der Waals surface area contributed by atoms with Gasteiger partial charge in [-0.15, -0.1) is 11.3 Å². The number of aromatic nitrogens is 4. The second kappa shape index (κ2) is 18.0. The zero-order valence-corrected chi connectivity index (χ0v) is 40.1. The zero-order chi connectivity index (χ0) is 46.0. The third kappa shape index (κ3) is 8.65. The topological polar surface area (TPSA) is 147 Å². The number of nitrogens with zero attached hydrogens (tertiary/aromatic N) is 7. The van der Waals surface area contributed by atoms with Crippen LogP contribution in [0.15, 0.2) is 54.3 Å². The van der Waals surface area contributed by atoms with E-state index in [2.05, 4.69) is 80.6 Å². The molecule has 11 rings (SSSR count). The van der Waals surface area contributed by atoms with Gasteiger partial charge in [0, 0.05) is 97.9 Å². The number of piperazine rings is 1. The number of methoxy groups -OCH3 is 1. The van der Waals surface area contributed by atoms with Gasteiger partial charge in [0.1, 0.15) is 12.1 Å². The number of nitrogens with one attached hydrogen (secondary N) is 2. The minimum atomic E-state index is -0.881. The number of carbonyl (C=O) groups excluding carboxylic acids is 3. The highest BCUT2D eigenvalue weighted by Gasteiger charge is 2.46. The van der Waals surface area contributed by atoms with E-state index in [4.69, 9.17) is 19.4 Å². The van der Waals surface area contributed by atoms with E-state index in [0.717, 1.165) is 83.5 Å². The predicted octanol–water partition coefficient (Wildman–Crippen LogP) is 7.00. The highest BCUT2D eigenvalue weighted by molar-refractivity contribution is 7.10. The van der Waals surface area contributed by atoms with Gasteiger partial charge in [0.05, 0.1) is 52.2 Å². The molecular weight excluding hydrogens is 863 g/mol. The van der Waals surface area contributed by atoms with Gasteiger partial charge in [-0.1, -0.05) is 26.3 Å². The summed E-state index contributed by atoms with van der Waals surface area (Å²) < 4.78 is 14.8. The first-order chi connectivity index (χ1) is 32.5. The summed E-state index contributed by atoms with van der Waals surface area (Å²) >= 11 is 1.51. The first kappa shape index (κ1) is 44.3. The molecule has 3 saturated heterocycles. The lowest BCUT2D eigenvalue weighted by Crippen LogP contribution is -2.60. The van der Waals surface area contributed by atoms with Crippen LogP contribution in [0.3, 0.4) is 0 Å². The summed E-state index contributed by atoms with van der Waals surface area (Å²) in [6, 6.07) is 9.85.